The Hall–Kier alpha value is 0.293. The number of unbranched alkanes of at least 4 members (excludes halogenated alkanes) is 10. The van der Waals surface area contributed by atoms with Crippen molar-refractivity contribution in [2.24, 2.45) is 0 Å². The van der Waals surface area contributed by atoms with Crippen molar-refractivity contribution in [3.8, 4) is 0 Å². The molecule has 0 spiro atoms. The molecule has 0 aromatic carbocycles. The molecule has 93 valence electrons. The summed E-state index contributed by atoms with van der Waals surface area (Å²) in [7, 11) is 0. The molecular formula is C13H26ORh. The first-order chi connectivity index (χ1) is 6.91. The average molecular weight is 301 g/mol. The van der Waals surface area contributed by atoms with Gasteiger partial charge in [0.25, 0.3) is 0 Å². The molecule has 0 aliphatic rings. The molecule has 0 aliphatic heterocycles. The van der Waals surface area contributed by atoms with Crippen molar-refractivity contribution in [3.05, 3.63) is 0 Å². The number of carbonyl (C=O) groups is 1. The van der Waals surface area contributed by atoms with Gasteiger partial charge in [0, 0.05) is 25.9 Å². The summed E-state index contributed by atoms with van der Waals surface area (Å²) in [5, 5.41) is 0. The summed E-state index contributed by atoms with van der Waals surface area (Å²) in [6.07, 6.45) is 15.2. The Balaban J connectivity index is 0. The number of hydrogen-bond acceptors (Lipinski definition) is 1. The number of hydrogen-bond donors (Lipinski definition) is 0. The van der Waals surface area contributed by atoms with E-state index >= 15 is 0 Å². The molecule has 0 aromatic heterocycles. The first-order valence-electron chi connectivity index (χ1n) is 6.35. The van der Waals surface area contributed by atoms with E-state index in [9.17, 15) is 4.79 Å². The first kappa shape index (κ1) is 17.7. The van der Waals surface area contributed by atoms with Gasteiger partial charge in [0.2, 0.25) is 0 Å². The Kier molecular flexibility index (Phi) is 19.7. The van der Waals surface area contributed by atoms with Crippen LogP contribution in [0.15, 0.2) is 0 Å². The molecule has 0 aliphatic carbocycles. The number of carbonyl (C=O) groups excluding carboxylic acids is 1. The average Bonchev–Trinajstić information content (AvgIpc) is 2.21. The van der Waals surface area contributed by atoms with E-state index in [1.807, 2.05) is 0 Å². The van der Waals surface area contributed by atoms with Crippen LogP contribution in [0.5, 0.6) is 0 Å². The zero-order chi connectivity index (χ0) is 10.5. The van der Waals surface area contributed by atoms with Crippen LogP contribution in [0, 0.1) is 0 Å². The summed E-state index contributed by atoms with van der Waals surface area (Å²) < 4.78 is 0. The zero-order valence-electron chi connectivity index (χ0n) is 10.1. The van der Waals surface area contributed by atoms with Crippen molar-refractivity contribution in [2.75, 3.05) is 0 Å². The van der Waals surface area contributed by atoms with Gasteiger partial charge in [-0.25, -0.2) is 0 Å². The van der Waals surface area contributed by atoms with Gasteiger partial charge < -0.3 is 4.79 Å². The molecule has 0 atom stereocenters. The van der Waals surface area contributed by atoms with Crippen molar-refractivity contribution in [2.45, 2.75) is 77.6 Å². The van der Waals surface area contributed by atoms with E-state index in [4.69, 9.17) is 0 Å². The summed E-state index contributed by atoms with van der Waals surface area (Å²) in [4.78, 5) is 10.0. The molecule has 0 fully saturated rings. The molecule has 0 saturated carbocycles. The van der Waals surface area contributed by atoms with Crippen LogP contribution in [0.4, 0.5) is 0 Å². The fourth-order valence-electron chi connectivity index (χ4n) is 1.72. The minimum absolute atomic E-state index is 0. The molecule has 1 nitrogen and oxygen atoms in total. The standard InChI is InChI=1S/C13H26O.Rh/c1-2-3-4-5-6-7-8-9-10-11-12-13-14;/h13H,2-12H2,1H3;. The van der Waals surface area contributed by atoms with E-state index in [2.05, 4.69) is 6.92 Å². The van der Waals surface area contributed by atoms with Crippen LogP contribution in [-0.2, 0) is 24.3 Å². The number of rotatable bonds is 11. The minimum Gasteiger partial charge on any atom is -0.303 e. The van der Waals surface area contributed by atoms with Crippen molar-refractivity contribution in [3.63, 3.8) is 0 Å². The normalized spacial score (nSPS) is 9.67. The molecule has 0 amide bonds. The van der Waals surface area contributed by atoms with Crippen molar-refractivity contribution >= 4 is 6.29 Å². The second-order valence-corrected chi connectivity index (χ2v) is 4.14. The topological polar surface area (TPSA) is 17.1 Å². The molecule has 0 rings (SSSR count). The fourth-order valence-corrected chi connectivity index (χ4v) is 1.72. The maximum absolute atomic E-state index is 10.0. The predicted octanol–water partition coefficient (Wildman–Crippen LogP) is 4.49. The molecule has 0 aromatic rings. The van der Waals surface area contributed by atoms with Gasteiger partial charge in [-0.15, -0.1) is 0 Å². The third-order valence-corrected chi connectivity index (χ3v) is 2.68. The van der Waals surface area contributed by atoms with Gasteiger partial charge in [0.1, 0.15) is 6.29 Å². The monoisotopic (exact) mass is 301 g/mol. The summed E-state index contributed by atoms with van der Waals surface area (Å²) >= 11 is 0. The third kappa shape index (κ3) is 16.9. The van der Waals surface area contributed by atoms with Crippen molar-refractivity contribution < 1.29 is 24.3 Å². The molecule has 1 radical (unpaired) electrons. The molecular weight excluding hydrogens is 275 g/mol. The van der Waals surface area contributed by atoms with Crippen LogP contribution in [0.3, 0.4) is 0 Å². The summed E-state index contributed by atoms with van der Waals surface area (Å²) in [6, 6.07) is 0. The van der Waals surface area contributed by atoms with E-state index in [1.165, 1.54) is 57.8 Å². The molecule has 0 saturated heterocycles. The van der Waals surface area contributed by atoms with E-state index in [-0.39, 0.29) is 19.5 Å². The molecule has 0 heterocycles. The van der Waals surface area contributed by atoms with E-state index < -0.39 is 0 Å². The quantitative estimate of drug-likeness (QED) is 0.312. The Morgan fingerprint density at radius 3 is 1.53 bits per heavy atom. The van der Waals surface area contributed by atoms with E-state index in [0.29, 0.717) is 0 Å². The van der Waals surface area contributed by atoms with Crippen LogP contribution >= 0.6 is 0 Å². The Morgan fingerprint density at radius 1 is 0.733 bits per heavy atom. The molecule has 0 bridgehead atoms. The first-order valence-corrected chi connectivity index (χ1v) is 6.35. The molecule has 2 heteroatoms. The van der Waals surface area contributed by atoms with Crippen molar-refractivity contribution in [1.82, 2.24) is 0 Å². The SMILES string of the molecule is CCCCCCCCCCCCC=O.[Rh]. The van der Waals surface area contributed by atoms with Crippen LogP contribution in [0.1, 0.15) is 77.6 Å². The van der Waals surface area contributed by atoms with E-state index in [1.54, 1.807) is 0 Å². The van der Waals surface area contributed by atoms with Crippen molar-refractivity contribution in [1.29, 1.82) is 0 Å². The second-order valence-electron chi connectivity index (χ2n) is 4.14. The van der Waals surface area contributed by atoms with Gasteiger partial charge in [-0.2, -0.15) is 0 Å². The zero-order valence-corrected chi connectivity index (χ0v) is 11.7. The maximum atomic E-state index is 10.0. The predicted molar refractivity (Wildman–Crippen MR) is 62.5 cm³/mol. The van der Waals surface area contributed by atoms with Crippen LogP contribution in [0.2, 0.25) is 0 Å². The second kappa shape index (κ2) is 16.7. The summed E-state index contributed by atoms with van der Waals surface area (Å²) in [5.74, 6) is 0. The van der Waals surface area contributed by atoms with Gasteiger partial charge in [-0.05, 0) is 6.42 Å². The molecule has 0 unspecified atom stereocenters. The van der Waals surface area contributed by atoms with Crippen LogP contribution in [0.25, 0.3) is 0 Å². The Morgan fingerprint density at radius 2 is 1.13 bits per heavy atom. The summed E-state index contributed by atoms with van der Waals surface area (Å²) in [6.45, 7) is 2.26. The van der Waals surface area contributed by atoms with Gasteiger partial charge in [-0.3, -0.25) is 0 Å². The number of aldehydes is 1. The Labute approximate surface area is 108 Å². The van der Waals surface area contributed by atoms with Crippen LogP contribution < -0.4 is 0 Å². The van der Waals surface area contributed by atoms with Gasteiger partial charge in [0.05, 0.1) is 0 Å². The fraction of sp³-hybridized carbons (Fsp3) is 0.923. The third-order valence-electron chi connectivity index (χ3n) is 2.68. The maximum Gasteiger partial charge on any atom is 0.119 e. The van der Waals surface area contributed by atoms with Gasteiger partial charge in [0.15, 0.2) is 0 Å². The smallest absolute Gasteiger partial charge is 0.119 e. The summed E-state index contributed by atoms with van der Waals surface area (Å²) in [5.41, 5.74) is 0. The minimum atomic E-state index is 0. The molecule has 0 N–H and O–H groups in total. The molecule has 15 heavy (non-hydrogen) atoms. The Bertz CT molecular complexity index is 115. The van der Waals surface area contributed by atoms with E-state index in [0.717, 1.165) is 19.1 Å². The largest absolute Gasteiger partial charge is 0.303 e. The van der Waals surface area contributed by atoms with Crippen LogP contribution in [-0.4, -0.2) is 6.29 Å². The van der Waals surface area contributed by atoms with Gasteiger partial charge >= 0.3 is 0 Å². The van der Waals surface area contributed by atoms with Gasteiger partial charge in [-0.1, -0.05) is 64.7 Å².